The molecule has 0 radical (unpaired) electrons. The summed E-state index contributed by atoms with van der Waals surface area (Å²) in [6, 6.07) is 13.2. The van der Waals surface area contributed by atoms with E-state index >= 15 is 0 Å². The van der Waals surface area contributed by atoms with Crippen LogP contribution in [0.1, 0.15) is 11.1 Å². The van der Waals surface area contributed by atoms with Gasteiger partial charge >= 0.3 is 0 Å². The number of rotatable bonds is 5. The van der Waals surface area contributed by atoms with Crippen molar-refractivity contribution < 1.29 is 12.8 Å². The molecule has 0 aliphatic carbocycles. The highest BCUT2D eigenvalue weighted by Crippen LogP contribution is 2.13. The molecule has 6 heteroatoms. The molecule has 0 amide bonds. The Labute approximate surface area is 117 Å². The van der Waals surface area contributed by atoms with Crippen molar-refractivity contribution in [1.29, 1.82) is 0 Å². The van der Waals surface area contributed by atoms with Crippen molar-refractivity contribution in [2.24, 2.45) is 5.14 Å². The third-order valence-electron chi connectivity index (χ3n) is 2.73. The Morgan fingerprint density at radius 1 is 0.950 bits per heavy atom. The number of hydrogen-bond acceptors (Lipinski definition) is 3. The predicted molar refractivity (Wildman–Crippen MR) is 77.0 cm³/mol. The van der Waals surface area contributed by atoms with E-state index in [0.29, 0.717) is 12.1 Å². The molecule has 0 aromatic heterocycles. The summed E-state index contributed by atoms with van der Waals surface area (Å²) in [7, 11) is -3.51. The molecular formula is C14H15FN2O2S. The Balaban J connectivity index is 1.95. The number of benzene rings is 2. The van der Waals surface area contributed by atoms with Gasteiger partial charge in [-0.25, -0.2) is 17.9 Å². The Morgan fingerprint density at radius 2 is 1.50 bits per heavy atom. The molecule has 3 N–H and O–H groups in total. The quantitative estimate of drug-likeness (QED) is 0.888. The number of primary sulfonamides is 1. The van der Waals surface area contributed by atoms with Gasteiger partial charge in [0.25, 0.3) is 0 Å². The molecule has 4 nitrogen and oxygen atoms in total. The first-order valence-corrected chi connectivity index (χ1v) is 7.72. The van der Waals surface area contributed by atoms with Crippen LogP contribution >= 0.6 is 0 Å². The van der Waals surface area contributed by atoms with Crippen molar-refractivity contribution in [1.82, 2.24) is 0 Å². The number of hydrogen-bond donors (Lipinski definition) is 2. The molecule has 0 heterocycles. The predicted octanol–water partition coefficient (Wildman–Crippen LogP) is 2.23. The van der Waals surface area contributed by atoms with Crippen molar-refractivity contribution in [2.45, 2.75) is 12.3 Å². The molecule has 0 aliphatic rings. The average molecular weight is 294 g/mol. The van der Waals surface area contributed by atoms with Crippen LogP contribution in [0.3, 0.4) is 0 Å². The highest BCUT2D eigenvalue weighted by Gasteiger charge is 2.04. The summed E-state index contributed by atoms with van der Waals surface area (Å²) in [5.41, 5.74) is 2.45. The zero-order valence-electron chi connectivity index (χ0n) is 10.7. The smallest absolute Gasteiger partial charge is 0.213 e. The van der Waals surface area contributed by atoms with Gasteiger partial charge in [-0.2, -0.15) is 0 Å². The number of nitrogens with one attached hydrogen (secondary N) is 1. The van der Waals surface area contributed by atoms with E-state index in [4.69, 9.17) is 5.14 Å². The SMILES string of the molecule is NS(=O)(=O)Cc1ccc(NCc2ccc(F)cc2)cc1. The lowest BCUT2D eigenvalue weighted by Crippen LogP contribution is -2.14. The van der Waals surface area contributed by atoms with E-state index in [1.807, 2.05) is 0 Å². The highest BCUT2D eigenvalue weighted by atomic mass is 32.2. The molecule has 0 atom stereocenters. The van der Waals surface area contributed by atoms with E-state index in [0.717, 1.165) is 11.3 Å². The molecule has 0 aliphatic heterocycles. The van der Waals surface area contributed by atoms with Crippen molar-refractivity contribution >= 4 is 15.7 Å². The molecule has 2 aromatic carbocycles. The third-order valence-corrected chi connectivity index (χ3v) is 3.47. The molecule has 0 unspecified atom stereocenters. The summed E-state index contributed by atoms with van der Waals surface area (Å²) in [6.07, 6.45) is 0. The van der Waals surface area contributed by atoms with Gasteiger partial charge in [0.15, 0.2) is 0 Å². The van der Waals surface area contributed by atoms with Crippen molar-refractivity contribution in [3.05, 3.63) is 65.5 Å². The number of anilines is 1. The third kappa shape index (κ3) is 4.64. The molecule has 2 aromatic rings. The summed E-state index contributed by atoms with van der Waals surface area (Å²) in [6.45, 7) is 0.564. The van der Waals surface area contributed by atoms with Gasteiger partial charge in [0, 0.05) is 12.2 Å². The first-order valence-electron chi connectivity index (χ1n) is 6.00. The van der Waals surface area contributed by atoms with Crippen LogP contribution in [0, 0.1) is 5.82 Å². The van der Waals surface area contributed by atoms with Gasteiger partial charge in [0.2, 0.25) is 10.0 Å². The van der Waals surface area contributed by atoms with Gasteiger partial charge in [0.1, 0.15) is 5.82 Å². The lowest BCUT2D eigenvalue weighted by Gasteiger charge is -2.07. The van der Waals surface area contributed by atoms with Gasteiger partial charge in [-0.3, -0.25) is 0 Å². The maximum absolute atomic E-state index is 12.7. The van der Waals surface area contributed by atoms with Crippen LogP contribution < -0.4 is 10.5 Å². The Bertz CT molecular complexity index is 667. The van der Waals surface area contributed by atoms with Crippen LogP contribution in [0.25, 0.3) is 0 Å². The fraction of sp³-hybridized carbons (Fsp3) is 0.143. The molecule has 106 valence electrons. The minimum atomic E-state index is -3.51. The van der Waals surface area contributed by atoms with E-state index < -0.39 is 10.0 Å². The zero-order valence-corrected chi connectivity index (χ0v) is 11.5. The van der Waals surface area contributed by atoms with Gasteiger partial charge in [-0.1, -0.05) is 24.3 Å². The minimum Gasteiger partial charge on any atom is -0.381 e. The number of sulfonamides is 1. The highest BCUT2D eigenvalue weighted by molar-refractivity contribution is 7.88. The fourth-order valence-corrected chi connectivity index (χ4v) is 2.41. The van der Waals surface area contributed by atoms with Crippen LogP contribution in [-0.2, 0) is 22.3 Å². The summed E-state index contributed by atoms with van der Waals surface area (Å²) in [5, 5.41) is 8.15. The van der Waals surface area contributed by atoms with Crippen LogP contribution in [0.5, 0.6) is 0 Å². The van der Waals surface area contributed by atoms with Gasteiger partial charge in [-0.15, -0.1) is 0 Å². The second-order valence-corrected chi connectivity index (χ2v) is 6.10. The lowest BCUT2D eigenvalue weighted by molar-refractivity contribution is 0.597. The normalized spacial score (nSPS) is 11.3. The van der Waals surface area contributed by atoms with Crippen LogP contribution in [0.4, 0.5) is 10.1 Å². The molecule has 0 spiro atoms. The van der Waals surface area contributed by atoms with Crippen molar-refractivity contribution in [3.63, 3.8) is 0 Å². The Kier molecular flexibility index (Phi) is 4.36. The summed E-state index contributed by atoms with van der Waals surface area (Å²) in [4.78, 5) is 0. The summed E-state index contributed by atoms with van der Waals surface area (Å²) >= 11 is 0. The maximum atomic E-state index is 12.7. The number of halogens is 1. The molecule has 0 saturated carbocycles. The molecule has 0 fully saturated rings. The van der Waals surface area contributed by atoms with Gasteiger partial charge < -0.3 is 5.32 Å². The standard InChI is InChI=1S/C14H15FN2O2S/c15-13-5-1-11(2-6-13)9-17-14-7-3-12(4-8-14)10-20(16,18)19/h1-8,17H,9-10H2,(H2,16,18,19). The van der Waals surface area contributed by atoms with E-state index in [-0.39, 0.29) is 11.6 Å². The molecular weight excluding hydrogens is 279 g/mol. The summed E-state index contributed by atoms with van der Waals surface area (Å²) in [5.74, 6) is -0.438. The second kappa shape index (κ2) is 6.02. The molecule has 20 heavy (non-hydrogen) atoms. The molecule has 0 saturated heterocycles. The van der Waals surface area contributed by atoms with E-state index in [1.54, 1.807) is 36.4 Å². The van der Waals surface area contributed by atoms with Crippen LogP contribution in [0.15, 0.2) is 48.5 Å². The zero-order chi connectivity index (χ0) is 14.6. The topological polar surface area (TPSA) is 72.2 Å². The summed E-state index contributed by atoms with van der Waals surface area (Å²) < 4.78 is 34.7. The average Bonchev–Trinajstić information content (AvgIpc) is 2.38. The molecule has 0 bridgehead atoms. The van der Waals surface area contributed by atoms with Crippen LogP contribution in [-0.4, -0.2) is 8.42 Å². The molecule has 2 rings (SSSR count). The van der Waals surface area contributed by atoms with Crippen molar-refractivity contribution in [3.8, 4) is 0 Å². The largest absolute Gasteiger partial charge is 0.381 e. The Hall–Kier alpha value is -1.92. The van der Waals surface area contributed by atoms with E-state index in [9.17, 15) is 12.8 Å². The second-order valence-electron chi connectivity index (χ2n) is 4.48. The fourth-order valence-electron chi connectivity index (χ4n) is 1.76. The minimum absolute atomic E-state index is 0.175. The van der Waals surface area contributed by atoms with Crippen molar-refractivity contribution in [2.75, 3.05) is 5.32 Å². The lowest BCUT2D eigenvalue weighted by atomic mass is 10.2. The monoisotopic (exact) mass is 294 g/mol. The van der Waals surface area contributed by atoms with Gasteiger partial charge in [-0.05, 0) is 35.4 Å². The van der Waals surface area contributed by atoms with Crippen LogP contribution in [0.2, 0.25) is 0 Å². The maximum Gasteiger partial charge on any atom is 0.213 e. The first-order chi connectivity index (χ1) is 9.42. The first kappa shape index (κ1) is 14.5. The number of nitrogens with two attached hydrogens (primary N) is 1. The Morgan fingerprint density at radius 3 is 2.05 bits per heavy atom. The van der Waals surface area contributed by atoms with E-state index in [2.05, 4.69) is 5.32 Å². The van der Waals surface area contributed by atoms with E-state index in [1.165, 1.54) is 12.1 Å². The van der Waals surface area contributed by atoms with Gasteiger partial charge in [0.05, 0.1) is 5.75 Å².